The summed E-state index contributed by atoms with van der Waals surface area (Å²) in [5, 5.41) is 0. The highest BCUT2D eigenvalue weighted by molar-refractivity contribution is 7.98. The lowest BCUT2D eigenvalue weighted by molar-refractivity contribution is -0.235. The van der Waals surface area contributed by atoms with Gasteiger partial charge in [0.15, 0.2) is 0 Å². The molecule has 2 nitrogen and oxygen atoms in total. The van der Waals surface area contributed by atoms with Crippen LogP contribution in [0.15, 0.2) is 40.3 Å². The lowest BCUT2D eigenvalue weighted by atomic mass is 9.51. The molecule has 1 saturated heterocycles. The molecule has 4 aliphatic carbocycles. The fourth-order valence-electron chi connectivity index (χ4n) is 8.36. The summed E-state index contributed by atoms with van der Waals surface area (Å²) < 4.78 is 6.61. The molecule has 0 radical (unpaired) electrons. The van der Waals surface area contributed by atoms with Gasteiger partial charge in [-0.05, 0) is 86.7 Å². The van der Waals surface area contributed by atoms with Crippen LogP contribution in [0, 0.1) is 23.2 Å². The second-order valence-corrected chi connectivity index (χ2v) is 11.6. The number of carbonyl (C=O) groups is 1. The number of rotatable bonds is 2. The summed E-state index contributed by atoms with van der Waals surface area (Å²) in [6, 6.07) is 9.29. The van der Waals surface area contributed by atoms with Crippen LogP contribution in [-0.4, -0.2) is 24.2 Å². The zero-order valence-corrected chi connectivity index (χ0v) is 19.2. The molecule has 3 unspecified atom stereocenters. The van der Waals surface area contributed by atoms with Crippen LogP contribution in [0.4, 0.5) is 0 Å². The van der Waals surface area contributed by atoms with E-state index in [0.717, 1.165) is 37.7 Å². The number of carbonyl (C=O) groups excluding carboxylic acids is 1. The number of fused-ring (bicyclic) bond motifs is 5. The first-order valence-electron chi connectivity index (χ1n) is 12.1. The van der Waals surface area contributed by atoms with Crippen molar-refractivity contribution in [2.75, 3.05) is 12.9 Å². The Morgan fingerprint density at radius 2 is 1.83 bits per heavy atom. The molecule has 5 aliphatic rings. The first-order valence-corrected chi connectivity index (χ1v) is 13.3. The Bertz CT molecular complexity index is 902. The van der Waals surface area contributed by atoms with Crippen molar-refractivity contribution >= 4 is 17.5 Å². The minimum Gasteiger partial charge on any atom is -0.373 e. The summed E-state index contributed by atoms with van der Waals surface area (Å²) in [6.07, 6.45) is 12.5. The standard InChI is InChI=1S/C27H34O2S/c1-26-13-11-22-21-10-6-19(28)15-18(21)5-9-23(22)24(26)12-14-27(26)25(16-29-27)17-3-7-20(30-2)8-4-17/h3-4,7-8,18,23-25H,5-6,9-16H2,1-2H3/t18?,23-,24+,25?,26+,27?/m1/s1. The predicted octanol–water partition coefficient (Wildman–Crippen LogP) is 6.55. The third kappa shape index (κ3) is 2.57. The van der Waals surface area contributed by atoms with Crippen molar-refractivity contribution in [3.05, 3.63) is 41.0 Å². The van der Waals surface area contributed by atoms with E-state index in [4.69, 9.17) is 4.74 Å². The molecule has 0 N–H and O–H groups in total. The van der Waals surface area contributed by atoms with E-state index in [-0.39, 0.29) is 5.60 Å². The molecule has 1 spiro atoms. The fraction of sp³-hybridized carbons (Fsp3) is 0.667. The summed E-state index contributed by atoms with van der Waals surface area (Å²) in [6.45, 7) is 3.47. The highest BCUT2D eigenvalue weighted by atomic mass is 32.2. The highest BCUT2D eigenvalue weighted by Gasteiger charge is 2.68. The van der Waals surface area contributed by atoms with Crippen molar-refractivity contribution in [2.24, 2.45) is 23.2 Å². The third-order valence-electron chi connectivity index (χ3n) is 9.93. The molecule has 6 rings (SSSR count). The van der Waals surface area contributed by atoms with Gasteiger partial charge in [0.1, 0.15) is 5.78 Å². The van der Waals surface area contributed by atoms with Gasteiger partial charge in [-0.3, -0.25) is 4.79 Å². The van der Waals surface area contributed by atoms with Crippen LogP contribution in [0.2, 0.25) is 0 Å². The number of benzene rings is 1. The molecule has 4 fully saturated rings. The van der Waals surface area contributed by atoms with Crippen LogP contribution >= 0.6 is 11.8 Å². The number of ketones is 1. The maximum Gasteiger partial charge on any atom is 0.133 e. The Morgan fingerprint density at radius 1 is 1.00 bits per heavy atom. The monoisotopic (exact) mass is 422 g/mol. The van der Waals surface area contributed by atoms with E-state index in [2.05, 4.69) is 37.4 Å². The van der Waals surface area contributed by atoms with Gasteiger partial charge in [0.25, 0.3) is 0 Å². The molecule has 1 heterocycles. The molecule has 1 aliphatic heterocycles. The molecule has 1 aromatic rings. The molecular formula is C27H34O2S. The Kier molecular flexibility index (Phi) is 4.56. The molecule has 6 atom stereocenters. The average molecular weight is 423 g/mol. The Labute approximate surface area is 185 Å². The largest absolute Gasteiger partial charge is 0.373 e. The number of allylic oxidation sites excluding steroid dienone is 2. The van der Waals surface area contributed by atoms with Crippen molar-refractivity contribution in [1.82, 2.24) is 0 Å². The van der Waals surface area contributed by atoms with Gasteiger partial charge in [-0.1, -0.05) is 30.2 Å². The van der Waals surface area contributed by atoms with Crippen LogP contribution in [0.25, 0.3) is 0 Å². The fourth-order valence-corrected chi connectivity index (χ4v) is 8.77. The Balaban J connectivity index is 1.31. The van der Waals surface area contributed by atoms with Crippen molar-refractivity contribution in [1.29, 1.82) is 0 Å². The summed E-state index contributed by atoms with van der Waals surface area (Å²) in [4.78, 5) is 13.4. The molecule has 30 heavy (non-hydrogen) atoms. The van der Waals surface area contributed by atoms with Crippen LogP contribution in [0.1, 0.15) is 76.2 Å². The summed E-state index contributed by atoms with van der Waals surface area (Å²) in [5.74, 6) is 3.16. The van der Waals surface area contributed by atoms with Gasteiger partial charge in [0, 0.05) is 29.1 Å². The molecular weight excluding hydrogens is 388 g/mol. The van der Waals surface area contributed by atoms with Gasteiger partial charge in [0.2, 0.25) is 0 Å². The number of hydrogen-bond donors (Lipinski definition) is 0. The number of hydrogen-bond acceptors (Lipinski definition) is 3. The Hall–Kier alpha value is -1.06. The first kappa shape index (κ1) is 19.6. The molecule has 0 bridgehead atoms. The molecule has 0 aromatic heterocycles. The maximum atomic E-state index is 12.0. The predicted molar refractivity (Wildman–Crippen MR) is 122 cm³/mol. The smallest absolute Gasteiger partial charge is 0.133 e. The lowest BCUT2D eigenvalue weighted by Crippen LogP contribution is -2.61. The van der Waals surface area contributed by atoms with Gasteiger partial charge in [0.05, 0.1) is 12.2 Å². The average Bonchev–Trinajstić information content (AvgIpc) is 3.08. The minimum absolute atomic E-state index is 0.0497. The number of ether oxygens (including phenoxy) is 1. The van der Waals surface area contributed by atoms with Gasteiger partial charge in [-0.2, -0.15) is 0 Å². The van der Waals surface area contributed by atoms with Crippen molar-refractivity contribution in [2.45, 2.75) is 81.1 Å². The Morgan fingerprint density at radius 3 is 2.57 bits per heavy atom. The van der Waals surface area contributed by atoms with Crippen LogP contribution in [-0.2, 0) is 9.53 Å². The summed E-state index contributed by atoms with van der Waals surface area (Å²) in [5.41, 5.74) is 5.33. The van der Waals surface area contributed by atoms with E-state index < -0.39 is 0 Å². The zero-order chi connectivity index (χ0) is 20.5. The summed E-state index contributed by atoms with van der Waals surface area (Å²) in [7, 11) is 0. The van der Waals surface area contributed by atoms with E-state index >= 15 is 0 Å². The van der Waals surface area contributed by atoms with Crippen LogP contribution in [0.3, 0.4) is 0 Å². The van der Waals surface area contributed by atoms with Crippen molar-refractivity contribution in [3.63, 3.8) is 0 Å². The van der Waals surface area contributed by atoms with E-state index in [1.807, 2.05) is 11.8 Å². The molecule has 0 amide bonds. The summed E-state index contributed by atoms with van der Waals surface area (Å²) >= 11 is 1.82. The molecule has 3 saturated carbocycles. The van der Waals surface area contributed by atoms with Gasteiger partial charge in [-0.25, -0.2) is 0 Å². The quantitative estimate of drug-likeness (QED) is 0.399. The van der Waals surface area contributed by atoms with Crippen molar-refractivity contribution < 1.29 is 9.53 Å². The van der Waals surface area contributed by atoms with E-state index in [1.54, 1.807) is 11.1 Å². The molecule has 160 valence electrons. The third-order valence-corrected chi connectivity index (χ3v) is 10.7. The van der Waals surface area contributed by atoms with Gasteiger partial charge >= 0.3 is 0 Å². The van der Waals surface area contributed by atoms with Gasteiger partial charge in [-0.15, -0.1) is 11.8 Å². The highest BCUT2D eigenvalue weighted by Crippen LogP contribution is 2.70. The second kappa shape index (κ2) is 6.97. The first-order chi connectivity index (χ1) is 14.6. The lowest BCUT2D eigenvalue weighted by Gasteiger charge is -2.60. The molecule has 3 heteroatoms. The van der Waals surface area contributed by atoms with Crippen molar-refractivity contribution in [3.8, 4) is 0 Å². The number of Topliss-reactive ketones (excluding diaryl/α,β-unsaturated/α-hetero) is 1. The normalized spacial score (nSPS) is 42.5. The number of thioether (sulfide) groups is 1. The van der Waals surface area contributed by atoms with Gasteiger partial charge < -0.3 is 4.74 Å². The SMILES string of the molecule is CSc1ccc(C2COC23CC[C@H]2[C@@H]4CCC5CC(=O)CCC5=C4CC[C@@]23C)cc1. The van der Waals surface area contributed by atoms with E-state index in [1.165, 1.54) is 49.0 Å². The van der Waals surface area contributed by atoms with E-state index in [9.17, 15) is 4.79 Å². The topological polar surface area (TPSA) is 26.3 Å². The van der Waals surface area contributed by atoms with Crippen LogP contribution in [0.5, 0.6) is 0 Å². The zero-order valence-electron chi connectivity index (χ0n) is 18.4. The molecule has 1 aromatic carbocycles. The maximum absolute atomic E-state index is 12.0. The minimum atomic E-state index is 0.0497. The second-order valence-electron chi connectivity index (χ2n) is 10.8. The van der Waals surface area contributed by atoms with E-state index in [0.29, 0.717) is 23.0 Å². The van der Waals surface area contributed by atoms with Crippen LogP contribution < -0.4 is 0 Å².